The maximum atomic E-state index is 12.6. The Labute approximate surface area is 168 Å². The summed E-state index contributed by atoms with van der Waals surface area (Å²) in [5.41, 5.74) is 1.60. The molecule has 0 aromatic carbocycles. The molecule has 1 N–H and O–H groups in total. The second-order valence-electron chi connectivity index (χ2n) is 7.52. The van der Waals surface area contributed by atoms with Gasteiger partial charge in [0.05, 0.1) is 12.5 Å². The van der Waals surface area contributed by atoms with Gasteiger partial charge in [-0.15, -0.1) is 0 Å². The third-order valence-corrected chi connectivity index (χ3v) is 5.21. The van der Waals surface area contributed by atoms with Crippen molar-refractivity contribution in [2.75, 3.05) is 7.11 Å². The van der Waals surface area contributed by atoms with Gasteiger partial charge in [-0.3, -0.25) is 18.7 Å². The monoisotopic (exact) mass is 404 g/mol. The number of fused-ring (bicyclic) bond motifs is 1. The summed E-state index contributed by atoms with van der Waals surface area (Å²) in [6.07, 6.45) is 0.478. The first kappa shape index (κ1) is 22.3. The van der Waals surface area contributed by atoms with Gasteiger partial charge in [0.2, 0.25) is 5.91 Å². The van der Waals surface area contributed by atoms with Crippen molar-refractivity contribution in [1.82, 2.24) is 19.4 Å². The summed E-state index contributed by atoms with van der Waals surface area (Å²) in [7, 11) is 4.28. The van der Waals surface area contributed by atoms with Gasteiger partial charge in [-0.1, -0.05) is 13.8 Å². The molecule has 0 fully saturated rings. The number of hydrogen-bond donors (Lipinski definition) is 1. The molecule has 2 rings (SSSR count). The number of hydrogen-bond acceptors (Lipinski definition) is 6. The van der Waals surface area contributed by atoms with Crippen molar-refractivity contribution in [2.24, 2.45) is 20.0 Å². The third kappa shape index (κ3) is 4.23. The zero-order valence-electron chi connectivity index (χ0n) is 18.0. The number of aromatic nitrogens is 3. The Hall–Kier alpha value is -2.97. The van der Waals surface area contributed by atoms with E-state index in [4.69, 9.17) is 4.74 Å². The lowest BCUT2D eigenvalue weighted by Gasteiger charge is -2.20. The lowest BCUT2D eigenvalue weighted by atomic mass is 9.99. The normalized spacial score (nSPS) is 12.3. The van der Waals surface area contributed by atoms with Crippen LogP contribution in [0.1, 0.15) is 37.1 Å². The molecule has 0 bridgehead atoms. The van der Waals surface area contributed by atoms with Crippen LogP contribution >= 0.6 is 0 Å². The molecule has 1 atom stereocenters. The molecular weight excluding hydrogens is 376 g/mol. The van der Waals surface area contributed by atoms with Crippen LogP contribution in [0.5, 0.6) is 0 Å². The minimum absolute atomic E-state index is 0.110. The van der Waals surface area contributed by atoms with E-state index in [1.165, 1.54) is 18.7 Å². The van der Waals surface area contributed by atoms with Crippen LogP contribution in [0.25, 0.3) is 11.0 Å². The fourth-order valence-electron chi connectivity index (χ4n) is 3.42. The maximum absolute atomic E-state index is 12.6. The average molecular weight is 404 g/mol. The number of nitrogens with zero attached hydrogens (tertiary/aromatic N) is 3. The number of pyridine rings is 1. The number of carbonyl (C=O) groups excluding carboxylic acids is 2. The summed E-state index contributed by atoms with van der Waals surface area (Å²) in [6.45, 7) is 7.22. The molecule has 9 heteroatoms. The van der Waals surface area contributed by atoms with Gasteiger partial charge < -0.3 is 10.1 Å². The van der Waals surface area contributed by atoms with E-state index in [1.807, 2.05) is 13.8 Å². The van der Waals surface area contributed by atoms with E-state index >= 15 is 0 Å². The second kappa shape index (κ2) is 8.59. The molecule has 0 aliphatic rings. The molecule has 0 saturated carbocycles. The van der Waals surface area contributed by atoms with Crippen molar-refractivity contribution in [3.8, 4) is 0 Å². The molecule has 2 aromatic heterocycles. The average Bonchev–Trinajstić information content (AvgIpc) is 2.67. The molecule has 29 heavy (non-hydrogen) atoms. The highest BCUT2D eigenvalue weighted by Gasteiger charge is 2.25. The van der Waals surface area contributed by atoms with Gasteiger partial charge in [-0.2, -0.15) is 0 Å². The predicted octanol–water partition coefficient (Wildman–Crippen LogP) is 0.495. The zero-order valence-corrected chi connectivity index (χ0v) is 18.0. The van der Waals surface area contributed by atoms with Crippen LogP contribution < -0.4 is 16.6 Å². The van der Waals surface area contributed by atoms with Crippen LogP contribution in [-0.4, -0.2) is 39.1 Å². The first-order valence-electron chi connectivity index (χ1n) is 9.44. The van der Waals surface area contributed by atoms with Crippen LogP contribution in [0.3, 0.4) is 0 Å². The van der Waals surface area contributed by atoms with Crippen molar-refractivity contribution in [3.05, 3.63) is 37.7 Å². The highest BCUT2D eigenvalue weighted by atomic mass is 16.5. The number of carbonyl (C=O) groups is 2. The van der Waals surface area contributed by atoms with Gasteiger partial charge in [0.25, 0.3) is 5.56 Å². The topological polar surface area (TPSA) is 112 Å². The first-order valence-corrected chi connectivity index (χ1v) is 9.44. The number of methoxy groups -OCH3 is 1. The highest BCUT2D eigenvalue weighted by molar-refractivity contribution is 5.85. The fourth-order valence-corrected chi connectivity index (χ4v) is 3.42. The Kier molecular flexibility index (Phi) is 6.61. The van der Waals surface area contributed by atoms with E-state index in [1.54, 1.807) is 20.9 Å². The van der Waals surface area contributed by atoms with Gasteiger partial charge in [0.15, 0.2) is 0 Å². The van der Waals surface area contributed by atoms with Crippen molar-refractivity contribution in [2.45, 2.75) is 46.6 Å². The Morgan fingerprint density at radius 2 is 1.76 bits per heavy atom. The molecule has 2 aromatic rings. The second-order valence-corrected chi connectivity index (χ2v) is 7.52. The van der Waals surface area contributed by atoms with E-state index in [0.717, 1.165) is 10.1 Å². The van der Waals surface area contributed by atoms with E-state index in [9.17, 15) is 19.2 Å². The molecule has 0 saturated heterocycles. The predicted molar refractivity (Wildman–Crippen MR) is 109 cm³/mol. The molecular formula is C20H28N4O5. The van der Waals surface area contributed by atoms with E-state index in [0.29, 0.717) is 28.7 Å². The molecule has 2 heterocycles. The van der Waals surface area contributed by atoms with Crippen molar-refractivity contribution >= 4 is 22.9 Å². The quantitative estimate of drug-likeness (QED) is 0.702. The van der Waals surface area contributed by atoms with Crippen LogP contribution in [0, 0.1) is 19.8 Å². The fraction of sp³-hybridized carbons (Fsp3) is 0.550. The zero-order chi connectivity index (χ0) is 22.0. The van der Waals surface area contributed by atoms with Gasteiger partial charge >= 0.3 is 11.7 Å². The van der Waals surface area contributed by atoms with Crippen molar-refractivity contribution in [1.29, 1.82) is 0 Å². The Morgan fingerprint density at radius 1 is 1.14 bits per heavy atom. The number of amides is 1. The molecule has 0 aliphatic heterocycles. The van der Waals surface area contributed by atoms with Gasteiger partial charge in [0, 0.05) is 26.2 Å². The molecule has 1 amide bonds. The number of ether oxygens (including phenoxy) is 1. The minimum Gasteiger partial charge on any atom is -0.467 e. The molecule has 158 valence electrons. The summed E-state index contributed by atoms with van der Waals surface area (Å²) in [4.78, 5) is 53.5. The summed E-state index contributed by atoms with van der Waals surface area (Å²) in [6, 6.07) is -0.716. The maximum Gasteiger partial charge on any atom is 0.332 e. The first-order chi connectivity index (χ1) is 13.5. The molecule has 0 radical (unpaired) electrons. The van der Waals surface area contributed by atoms with Crippen molar-refractivity contribution < 1.29 is 14.3 Å². The number of aryl methyl sites for hydroxylation is 3. The molecule has 0 unspecified atom stereocenters. The lowest BCUT2D eigenvalue weighted by molar-refractivity contribution is -0.146. The summed E-state index contributed by atoms with van der Waals surface area (Å²) >= 11 is 0. The molecule has 9 nitrogen and oxygen atoms in total. The van der Waals surface area contributed by atoms with Crippen molar-refractivity contribution in [3.63, 3.8) is 0 Å². The van der Waals surface area contributed by atoms with Gasteiger partial charge in [0.1, 0.15) is 11.7 Å². The van der Waals surface area contributed by atoms with Crippen LogP contribution in [0.2, 0.25) is 0 Å². The Balaban J connectivity index is 2.36. The smallest absolute Gasteiger partial charge is 0.332 e. The number of rotatable bonds is 6. The highest BCUT2D eigenvalue weighted by Crippen LogP contribution is 2.20. The van der Waals surface area contributed by atoms with Gasteiger partial charge in [-0.25, -0.2) is 14.6 Å². The summed E-state index contributed by atoms with van der Waals surface area (Å²) in [5, 5.41) is 3.07. The lowest BCUT2D eigenvalue weighted by Crippen LogP contribution is -2.45. The minimum atomic E-state index is -0.716. The van der Waals surface area contributed by atoms with Crippen LogP contribution in [0.15, 0.2) is 9.59 Å². The third-order valence-electron chi connectivity index (χ3n) is 5.21. The van der Waals surface area contributed by atoms with E-state index in [2.05, 4.69) is 10.3 Å². The standard InChI is InChI=1S/C20H28N4O5/c1-10(2)16(19(27)29-7)22-14(25)9-8-13-11(3)15-17(21-12(13)4)23(5)20(28)24(6)18(15)26/h10,16H,8-9H2,1-7H3,(H,22,25)/t16-/m1/s1. The van der Waals surface area contributed by atoms with E-state index < -0.39 is 23.3 Å². The number of esters is 1. The van der Waals surface area contributed by atoms with Crippen LogP contribution in [-0.2, 0) is 34.8 Å². The number of nitrogens with one attached hydrogen (secondary N) is 1. The molecule has 0 spiro atoms. The van der Waals surface area contributed by atoms with Gasteiger partial charge in [-0.05, 0) is 37.3 Å². The summed E-state index contributed by atoms with van der Waals surface area (Å²) in [5.74, 6) is -0.889. The van der Waals surface area contributed by atoms with Crippen LogP contribution in [0.4, 0.5) is 0 Å². The molecule has 0 aliphatic carbocycles. The largest absolute Gasteiger partial charge is 0.467 e. The van der Waals surface area contributed by atoms with E-state index in [-0.39, 0.29) is 18.2 Å². The SMILES string of the molecule is COC(=O)[C@H](NC(=O)CCc1c(C)nc2c(c1C)c(=O)n(C)c(=O)n2C)C(C)C. The summed E-state index contributed by atoms with van der Waals surface area (Å²) < 4.78 is 7.13. The Morgan fingerprint density at radius 3 is 2.31 bits per heavy atom. The Bertz CT molecular complexity index is 1080.